The summed E-state index contributed by atoms with van der Waals surface area (Å²) in [7, 11) is 0. The number of amides is 1. The number of para-hydroxylation sites is 1. The molecule has 31 heavy (non-hydrogen) atoms. The number of hydrogen-bond donors (Lipinski definition) is 1. The van der Waals surface area contributed by atoms with Crippen molar-refractivity contribution in [2.24, 2.45) is 5.73 Å². The van der Waals surface area contributed by atoms with Gasteiger partial charge in [0.05, 0.1) is 18.8 Å². The van der Waals surface area contributed by atoms with Crippen molar-refractivity contribution in [1.82, 2.24) is 0 Å². The molecule has 2 aliphatic rings. The highest BCUT2D eigenvalue weighted by molar-refractivity contribution is 6.23. The van der Waals surface area contributed by atoms with Crippen LogP contribution in [0, 0.1) is 0 Å². The average molecular weight is 428 g/mol. The third kappa shape index (κ3) is 3.26. The summed E-state index contributed by atoms with van der Waals surface area (Å²) >= 11 is 0. The molecule has 0 saturated heterocycles. The Balaban J connectivity index is 2.35. The number of nitrogens with two attached hydrogens (primary N) is 1. The summed E-state index contributed by atoms with van der Waals surface area (Å²) in [5.41, 5.74) is 4.57. The number of benzene rings is 1. The first-order valence-corrected chi connectivity index (χ1v) is 9.86. The van der Waals surface area contributed by atoms with Crippen molar-refractivity contribution in [3.8, 4) is 0 Å². The van der Waals surface area contributed by atoms with E-state index in [2.05, 4.69) is 0 Å². The predicted molar refractivity (Wildman–Crippen MR) is 109 cm³/mol. The van der Waals surface area contributed by atoms with E-state index in [1.807, 2.05) is 0 Å². The van der Waals surface area contributed by atoms with Gasteiger partial charge in [-0.05, 0) is 33.8 Å². The van der Waals surface area contributed by atoms with Crippen molar-refractivity contribution in [3.05, 3.63) is 52.6 Å². The second kappa shape index (κ2) is 8.25. The molecular weight excluding hydrogens is 404 g/mol. The molecule has 2 aliphatic heterocycles. The van der Waals surface area contributed by atoms with Crippen LogP contribution < -0.4 is 10.6 Å². The number of carbonyl (C=O) groups excluding carboxylic acids is 4. The summed E-state index contributed by atoms with van der Waals surface area (Å²) in [4.78, 5) is 53.2. The highest BCUT2D eigenvalue weighted by atomic mass is 16.5. The monoisotopic (exact) mass is 428 g/mol. The zero-order valence-corrected chi connectivity index (χ0v) is 17.8. The van der Waals surface area contributed by atoms with Crippen molar-refractivity contribution >= 4 is 29.3 Å². The van der Waals surface area contributed by atoms with Gasteiger partial charge in [-0.2, -0.15) is 0 Å². The smallest absolute Gasteiger partial charge is 0.341 e. The van der Waals surface area contributed by atoms with Gasteiger partial charge in [-0.25, -0.2) is 4.79 Å². The third-order valence-electron chi connectivity index (χ3n) is 5.20. The van der Waals surface area contributed by atoms with Gasteiger partial charge in [0.15, 0.2) is 5.78 Å². The molecule has 9 nitrogen and oxygen atoms in total. The summed E-state index contributed by atoms with van der Waals surface area (Å²) in [6, 6.07) is 6.60. The van der Waals surface area contributed by atoms with Crippen LogP contribution in [0.2, 0.25) is 0 Å². The van der Waals surface area contributed by atoms with Gasteiger partial charge in [0.1, 0.15) is 23.3 Å². The number of ketones is 1. The topological polar surface area (TPSA) is 125 Å². The molecule has 0 radical (unpaired) electrons. The maximum atomic E-state index is 14.0. The summed E-state index contributed by atoms with van der Waals surface area (Å²) < 4.78 is 15.7. The number of rotatable bonds is 6. The van der Waals surface area contributed by atoms with Crippen LogP contribution in [-0.2, 0) is 38.8 Å². The molecule has 0 saturated carbocycles. The minimum Gasteiger partial charge on any atom is -0.465 e. The summed E-state index contributed by atoms with van der Waals surface area (Å²) in [5.74, 6) is -2.91. The van der Waals surface area contributed by atoms with Crippen molar-refractivity contribution < 1.29 is 33.4 Å². The Labute approximate surface area is 179 Å². The number of ether oxygens (including phenoxy) is 3. The average Bonchev–Trinajstić information content (AvgIpc) is 2.91. The highest BCUT2D eigenvalue weighted by Gasteiger charge is 2.63. The predicted octanol–water partition coefficient (Wildman–Crippen LogP) is 1.46. The van der Waals surface area contributed by atoms with Gasteiger partial charge in [0.2, 0.25) is 11.8 Å². The lowest BCUT2D eigenvalue weighted by molar-refractivity contribution is -0.142. The molecule has 1 atom stereocenters. The third-order valence-corrected chi connectivity index (χ3v) is 5.20. The molecule has 0 unspecified atom stereocenters. The van der Waals surface area contributed by atoms with Gasteiger partial charge < -0.3 is 19.9 Å². The second-order valence-electron chi connectivity index (χ2n) is 7.01. The second-order valence-corrected chi connectivity index (χ2v) is 7.01. The minimum atomic E-state index is -1.90. The first kappa shape index (κ1) is 22.1. The number of Topliss-reactive ketones (excluding diaryl/α,β-unsaturated/α-hetero) is 1. The molecule has 2 heterocycles. The number of nitrogens with zero attached hydrogens (tertiary/aromatic N) is 1. The van der Waals surface area contributed by atoms with Gasteiger partial charge in [-0.1, -0.05) is 18.2 Å². The van der Waals surface area contributed by atoms with Crippen LogP contribution in [0.3, 0.4) is 0 Å². The number of anilines is 1. The lowest BCUT2D eigenvalue weighted by atomic mass is 9.66. The van der Waals surface area contributed by atoms with E-state index in [-0.39, 0.29) is 36.0 Å². The fourth-order valence-electron chi connectivity index (χ4n) is 4.24. The Hall–Kier alpha value is -3.62. The van der Waals surface area contributed by atoms with Crippen LogP contribution in [0.1, 0.15) is 33.3 Å². The van der Waals surface area contributed by atoms with Gasteiger partial charge >= 0.3 is 11.9 Å². The normalized spacial score (nSPS) is 20.0. The fraction of sp³-hybridized carbons (Fsp3) is 0.364. The van der Waals surface area contributed by atoms with E-state index in [0.717, 1.165) is 0 Å². The SMILES string of the molecule is CCOC(=O)CN1C(=O)[C@@]2(C(C(C)=O)=C(C)OC(N)=C2C(=O)OCC)c2ccccc21. The molecule has 1 spiro atoms. The first-order chi connectivity index (χ1) is 14.7. The quantitative estimate of drug-likeness (QED) is 0.675. The van der Waals surface area contributed by atoms with Crippen LogP contribution in [0.25, 0.3) is 0 Å². The molecule has 1 aromatic rings. The number of hydrogen-bond acceptors (Lipinski definition) is 8. The highest BCUT2D eigenvalue weighted by Crippen LogP contribution is 2.54. The maximum absolute atomic E-state index is 14.0. The number of allylic oxidation sites excluding steroid dienone is 1. The maximum Gasteiger partial charge on any atom is 0.341 e. The van der Waals surface area contributed by atoms with Gasteiger partial charge in [0.25, 0.3) is 0 Å². The summed E-state index contributed by atoms with van der Waals surface area (Å²) in [5, 5.41) is 0. The standard InChI is InChI=1S/C22H24N2O7/c1-5-29-16(26)11-24-15-10-8-7-9-14(15)22(21(24)28)17(12(3)25)13(4)31-19(23)18(22)20(27)30-6-2/h7-10H,5-6,11,23H2,1-4H3/t22-/m1/s1. The molecular formula is C22H24N2O7. The molecule has 2 N–H and O–H groups in total. The Kier molecular flexibility index (Phi) is 5.88. The fourth-order valence-corrected chi connectivity index (χ4v) is 4.24. The summed E-state index contributed by atoms with van der Waals surface area (Å²) in [6.07, 6.45) is 0. The lowest BCUT2D eigenvalue weighted by Crippen LogP contribution is -2.51. The van der Waals surface area contributed by atoms with Gasteiger partial charge in [-0.3, -0.25) is 19.3 Å². The van der Waals surface area contributed by atoms with E-state index >= 15 is 0 Å². The van der Waals surface area contributed by atoms with Crippen molar-refractivity contribution in [2.45, 2.75) is 33.1 Å². The van der Waals surface area contributed by atoms with E-state index in [1.54, 1.807) is 38.1 Å². The Morgan fingerprint density at radius 3 is 2.35 bits per heavy atom. The largest absolute Gasteiger partial charge is 0.465 e. The van der Waals surface area contributed by atoms with Crippen molar-refractivity contribution in [2.75, 3.05) is 24.7 Å². The molecule has 1 aromatic carbocycles. The van der Waals surface area contributed by atoms with Crippen molar-refractivity contribution in [3.63, 3.8) is 0 Å². The number of carbonyl (C=O) groups is 4. The molecule has 0 aromatic heterocycles. The minimum absolute atomic E-state index is 0.0200. The first-order valence-electron chi connectivity index (χ1n) is 9.86. The Bertz CT molecular complexity index is 1040. The zero-order chi connectivity index (χ0) is 22.9. The number of esters is 2. The molecule has 0 aliphatic carbocycles. The van der Waals surface area contributed by atoms with Gasteiger partial charge in [-0.15, -0.1) is 0 Å². The lowest BCUT2D eigenvalue weighted by Gasteiger charge is -2.36. The van der Waals surface area contributed by atoms with Crippen LogP contribution >= 0.6 is 0 Å². The Morgan fingerprint density at radius 1 is 1.10 bits per heavy atom. The van der Waals surface area contributed by atoms with Crippen LogP contribution in [-0.4, -0.2) is 43.4 Å². The Morgan fingerprint density at radius 2 is 1.74 bits per heavy atom. The van der Waals surface area contributed by atoms with E-state index in [4.69, 9.17) is 19.9 Å². The molecule has 0 fully saturated rings. The molecule has 164 valence electrons. The van der Waals surface area contributed by atoms with E-state index in [9.17, 15) is 19.2 Å². The van der Waals surface area contributed by atoms with E-state index < -0.39 is 35.6 Å². The molecule has 1 amide bonds. The van der Waals surface area contributed by atoms with Crippen LogP contribution in [0.5, 0.6) is 0 Å². The molecule has 3 rings (SSSR count). The van der Waals surface area contributed by atoms with Gasteiger partial charge in [0, 0.05) is 11.3 Å². The van der Waals surface area contributed by atoms with E-state index in [1.165, 1.54) is 18.7 Å². The van der Waals surface area contributed by atoms with Crippen LogP contribution in [0.15, 0.2) is 47.1 Å². The van der Waals surface area contributed by atoms with Crippen molar-refractivity contribution in [1.29, 1.82) is 0 Å². The summed E-state index contributed by atoms with van der Waals surface area (Å²) in [6.45, 7) is 5.80. The zero-order valence-electron chi connectivity index (χ0n) is 17.8. The molecule has 9 heteroatoms. The number of fused-ring (bicyclic) bond motifs is 2. The van der Waals surface area contributed by atoms with E-state index in [0.29, 0.717) is 11.3 Å². The molecule has 0 bridgehead atoms. The van der Waals surface area contributed by atoms with Crippen LogP contribution in [0.4, 0.5) is 5.69 Å².